The van der Waals surface area contributed by atoms with Crippen LogP contribution in [0, 0.1) is 5.82 Å². The normalized spacial score (nSPS) is 13.7. The highest BCUT2D eigenvalue weighted by molar-refractivity contribution is 5.21. The van der Waals surface area contributed by atoms with Crippen LogP contribution < -0.4 is 10.1 Å². The summed E-state index contributed by atoms with van der Waals surface area (Å²) in [4.78, 5) is 0. The Morgan fingerprint density at radius 3 is 2.48 bits per heavy atom. The summed E-state index contributed by atoms with van der Waals surface area (Å²) in [7, 11) is 0. The molecular formula is C17H20FNO2. The summed E-state index contributed by atoms with van der Waals surface area (Å²) in [6, 6.07) is 15.8. The average molecular weight is 289 g/mol. The molecule has 21 heavy (non-hydrogen) atoms. The van der Waals surface area contributed by atoms with E-state index in [1.807, 2.05) is 37.3 Å². The van der Waals surface area contributed by atoms with E-state index in [0.29, 0.717) is 12.1 Å². The first-order valence-corrected chi connectivity index (χ1v) is 7.00. The van der Waals surface area contributed by atoms with Gasteiger partial charge in [-0.05, 0) is 25.1 Å². The Kier molecular flexibility index (Phi) is 5.72. The molecule has 0 saturated carbocycles. The average Bonchev–Trinajstić information content (AvgIpc) is 2.52. The number of aliphatic hydroxyl groups excluding tert-OH is 1. The van der Waals surface area contributed by atoms with Crippen molar-refractivity contribution in [2.45, 2.75) is 19.1 Å². The van der Waals surface area contributed by atoms with Gasteiger partial charge in [-0.3, -0.25) is 0 Å². The number of benzene rings is 2. The van der Waals surface area contributed by atoms with E-state index in [9.17, 15) is 9.50 Å². The maximum absolute atomic E-state index is 13.6. The Morgan fingerprint density at radius 2 is 1.76 bits per heavy atom. The summed E-state index contributed by atoms with van der Waals surface area (Å²) in [5.74, 6) is 0.478. The third-order valence-corrected chi connectivity index (χ3v) is 3.22. The number of aliphatic hydroxyl groups is 1. The number of halogens is 1. The van der Waals surface area contributed by atoms with Crippen LogP contribution in [-0.4, -0.2) is 24.4 Å². The van der Waals surface area contributed by atoms with E-state index in [0.717, 1.165) is 5.75 Å². The lowest BCUT2D eigenvalue weighted by atomic mass is 10.1. The van der Waals surface area contributed by atoms with Crippen molar-refractivity contribution < 1.29 is 14.2 Å². The SMILES string of the molecule is C[C@@H](NCC(O)COc1ccccc1)c1ccccc1F. The summed E-state index contributed by atoms with van der Waals surface area (Å²) in [5.41, 5.74) is 0.591. The minimum Gasteiger partial charge on any atom is -0.491 e. The molecule has 2 N–H and O–H groups in total. The zero-order chi connectivity index (χ0) is 15.1. The lowest BCUT2D eigenvalue weighted by Gasteiger charge is -2.18. The predicted molar refractivity (Wildman–Crippen MR) is 80.8 cm³/mol. The fourth-order valence-corrected chi connectivity index (χ4v) is 2.02. The summed E-state index contributed by atoms with van der Waals surface area (Å²) in [5, 5.41) is 13.0. The topological polar surface area (TPSA) is 41.5 Å². The van der Waals surface area contributed by atoms with E-state index < -0.39 is 6.10 Å². The van der Waals surface area contributed by atoms with Crippen molar-refractivity contribution in [3.05, 3.63) is 66.0 Å². The van der Waals surface area contributed by atoms with Crippen LogP contribution in [0.4, 0.5) is 4.39 Å². The zero-order valence-electron chi connectivity index (χ0n) is 12.0. The van der Waals surface area contributed by atoms with Gasteiger partial charge in [-0.25, -0.2) is 4.39 Å². The zero-order valence-corrected chi connectivity index (χ0v) is 12.0. The van der Waals surface area contributed by atoms with Gasteiger partial charge in [0, 0.05) is 18.2 Å². The number of nitrogens with one attached hydrogen (secondary N) is 1. The monoisotopic (exact) mass is 289 g/mol. The van der Waals surface area contributed by atoms with E-state index in [1.165, 1.54) is 6.07 Å². The Morgan fingerprint density at radius 1 is 1.10 bits per heavy atom. The molecule has 112 valence electrons. The van der Waals surface area contributed by atoms with Crippen LogP contribution in [0.15, 0.2) is 54.6 Å². The Hall–Kier alpha value is -1.91. The number of rotatable bonds is 7. The maximum atomic E-state index is 13.6. The molecular weight excluding hydrogens is 269 g/mol. The van der Waals surface area contributed by atoms with Gasteiger partial charge in [-0.15, -0.1) is 0 Å². The molecule has 0 aliphatic carbocycles. The molecule has 0 bridgehead atoms. The lowest BCUT2D eigenvalue weighted by molar-refractivity contribution is 0.104. The molecule has 0 radical (unpaired) electrons. The number of para-hydroxylation sites is 1. The smallest absolute Gasteiger partial charge is 0.127 e. The lowest BCUT2D eigenvalue weighted by Crippen LogP contribution is -2.33. The standard InChI is InChI=1S/C17H20FNO2/c1-13(16-9-5-6-10-17(16)18)19-11-14(20)12-21-15-7-3-2-4-8-15/h2-10,13-14,19-20H,11-12H2,1H3/t13-,14?/m1/s1. The van der Waals surface area contributed by atoms with Gasteiger partial charge in [0.15, 0.2) is 0 Å². The Balaban J connectivity index is 1.76. The number of hydrogen-bond acceptors (Lipinski definition) is 3. The molecule has 1 unspecified atom stereocenters. The summed E-state index contributed by atoms with van der Waals surface area (Å²) in [6.07, 6.45) is -0.653. The minimum atomic E-state index is -0.653. The van der Waals surface area contributed by atoms with Gasteiger partial charge in [0.2, 0.25) is 0 Å². The van der Waals surface area contributed by atoms with E-state index >= 15 is 0 Å². The third-order valence-electron chi connectivity index (χ3n) is 3.22. The van der Waals surface area contributed by atoms with Crippen molar-refractivity contribution in [2.75, 3.05) is 13.2 Å². The molecule has 2 rings (SSSR count). The van der Waals surface area contributed by atoms with E-state index in [4.69, 9.17) is 4.74 Å². The van der Waals surface area contributed by atoms with Gasteiger partial charge in [-0.1, -0.05) is 36.4 Å². The Bertz CT molecular complexity index is 547. The van der Waals surface area contributed by atoms with Crippen LogP contribution in [0.5, 0.6) is 5.75 Å². The van der Waals surface area contributed by atoms with Crippen LogP contribution in [-0.2, 0) is 0 Å². The molecule has 0 amide bonds. The fourth-order valence-electron chi connectivity index (χ4n) is 2.02. The molecule has 2 aromatic rings. The van der Waals surface area contributed by atoms with Crippen LogP contribution in [0.2, 0.25) is 0 Å². The molecule has 0 spiro atoms. The second-order valence-electron chi connectivity index (χ2n) is 4.93. The highest BCUT2D eigenvalue weighted by Gasteiger charge is 2.12. The van der Waals surface area contributed by atoms with Crippen molar-refractivity contribution in [2.24, 2.45) is 0 Å². The summed E-state index contributed by atoms with van der Waals surface area (Å²) in [6.45, 7) is 2.40. The van der Waals surface area contributed by atoms with Gasteiger partial charge < -0.3 is 15.2 Å². The van der Waals surface area contributed by atoms with Crippen molar-refractivity contribution >= 4 is 0 Å². The van der Waals surface area contributed by atoms with E-state index in [2.05, 4.69) is 5.32 Å². The molecule has 0 fully saturated rings. The molecule has 0 aliphatic heterocycles. The van der Waals surface area contributed by atoms with Crippen molar-refractivity contribution in [3.8, 4) is 5.75 Å². The van der Waals surface area contributed by atoms with Gasteiger partial charge in [0.1, 0.15) is 24.3 Å². The van der Waals surface area contributed by atoms with Crippen LogP contribution in [0.3, 0.4) is 0 Å². The largest absolute Gasteiger partial charge is 0.491 e. The molecule has 2 aromatic carbocycles. The van der Waals surface area contributed by atoms with Crippen molar-refractivity contribution in [1.29, 1.82) is 0 Å². The first-order valence-electron chi connectivity index (χ1n) is 7.00. The predicted octanol–water partition coefficient (Wildman–Crippen LogP) is 2.92. The molecule has 3 nitrogen and oxygen atoms in total. The number of ether oxygens (including phenoxy) is 1. The van der Waals surface area contributed by atoms with E-state index in [1.54, 1.807) is 18.2 Å². The third kappa shape index (κ3) is 4.85. The van der Waals surface area contributed by atoms with Crippen molar-refractivity contribution in [1.82, 2.24) is 5.32 Å². The van der Waals surface area contributed by atoms with Gasteiger partial charge in [-0.2, -0.15) is 0 Å². The van der Waals surface area contributed by atoms with Gasteiger partial charge >= 0.3 is 0 Å². The molecule has 4 heteroatoms. The molecule has 0 aromatic heterocycles. The van der Waals surface area contributed by atoms with E-state index in [-0.39, 0.29) is 18.5 Å². The number of hydrogen-bond donors (Lipinski definition) is 2. The maximum Gasteiger partial charge on any atom is 0.127 e. The fraction of sp³-hybridized carbons (Fsp3) is 0.294. The first kappa shape index (κ1) is 15.5. The molecule has 2 atom stereocenters. The van der Waals surface area contributed by atoms with Crippen LogP contribution in [0.25, 0.3) is 0 Å². The van der Waals surface area contributed by atoms with Crippen molar-refractivity contribution in [3.63, 3.8) is 0 Å². The molecule has 0 heterocycles. The van der Waals surface area contributed by atoms with Crippen LogP contribution >= 0.6 is 0 Å². The minimum absolute atomic E-state index is 0.169. The van der Waals surface area contributed by atoms with Gasteiger partial charge in [0.05, 0.1) is 0 Å². The second-order valence-corrected chi connectivity index (χ2v) is 4.93. The highest BCUT2D eigenvalue weighted by Crippen LogP contribution is 2.15. The molecule has 0 saturated heterocycles. The highest BCUT2D eigenvalue weighted by atomic mass is 19.1. The summed E-state index contributed by atoms with van der Waals surface area (Å²) >= 11 is 0. The van der Waals surface area contributed by atoms with Crippen LogP contribution in [0.1, 0.15) is 18.5 Å². The molecule has 0 aliphatic rings. The first-order chi connectivity index (χ1) is 10.2. The van der Waals surface area contributed by atoms with Gasteiger partial charge in [0.25, 0.3) is 0 Å². The Labute approximate surface area is 124 Å². The second kappa shape index (κ2) is 7.76. The summed E-state index contributed by atoms with van der Waals surface area (Å²) < 4.78 is 19.1. The quantitative estimate of drug-likeness (QED) is 0.823.